The van der Waals surface area contributed by atoms with Crippen molar-refractivity contribution >= 4 is 0 Å². The van der Waals surface area contributed by atoms with Crippen molar-refractivity contribution in [2.45, 2.75) is 26.8 Å². The Hall–Kier alpha value is -2.66. The molecule has 1 aromatic heterocycles. The van der Waals surface area contributed by atoms with Gasteiger partial charge in [-0.25, -0.2) is 0 Å². The van der Waals surface area contributed by atoms with Crippen LogP contribution in [0.2, 0.25) is 0 Å². The fourth-order valence-electron chi connectivity index (χ4n) is 2.55. The minimum Gasteiger partial charge on any atom is -0.493 e. The van der Waals surface area contributed by atoms with Gasteiger partial charge < -0.3 is 10.1 Å². The molecule has 0 saturated carbocycles. The lowest BCUT2D eigenvalue weighted by molar-refractivity contribution is 0.320. The molecule has 0 bridgehead atoms. The number of para-hydroxylation sites is 1. The molecule has 0 saturated heterocycles. The number of nitrogens with zero attached hydrogens (tertiary/aromatic N) is 3. The number of hydrogen-bond donors (Lipinski definition) is 1. The summed E-state index contributed by atoms with van der Waals surface area (Å²) in [7, 11) is 0. The molecule has 5 nitrogen and oxygen atoms in total. The van der Waals surface area contributed by atoms with Gasteiger partial charge >= 0.3 is 0 Å². The summed E-state index contributed by atoms with van der Waals surface area (Å²) in [5.41, 5.74) is 4.13. The molecule has 3 rings (SSSR count). The molecule has 3 aromatic rings. The molecule has 0 radical (unpaired) electrons. The van der Waals surface area contributed by atoms with Gasteiger partial charge in [-0.05, 0) is 43.3 Å². The topological polar surface area (TPSA) is 52.0 Å². The number of aromatic nitrogens is 3. The number of hydrogen-bond acceptors (Lipinski definition) is 4. The summed E-state index contributed by atoms with van der Waals surface area (Å²) in [6.07, 6.45) is 0.734. The molecule has 0 aliphatic carbocycles. The maximum absolute atomic E-state index is 5.84. The van der Waals surface area contributed by atoms with Crippen LogP contribution in [-0.4, -0.2) is 28.1 Å². The van der Waals surface area contributed by atoms with Gasteiger partial charge in [0.1, 0.15) is 5.75 Å². The number of rotatable bonds is 8. The van der Waals surface area contributed by atoms with Crippen molar-refractivity contribution < 1.29 is 4.74 Å². The van der Waals surface area contributed by atoms with E-state index in [1.807, 2.05) is 49.4 Å². The van der Waals surface area contributed by atoms with Crippen LogP contribution in [0.5, 0.6) is 5.75 Å². The lowest BCUT2D eigenvalue weighted by Gasteiger charge is -2.07. The van der Waals surface area contributed by atoms with Crippen LogP contribution >= 0.6 is 0 Å². The van der Waals surface area contributed by atoms with Gasteiger partial charge in [0, 0.05) is 13.0 Å². The van der Waals surface area contributed by atoms with Crippen LogP contribution in [0, 0.1) is 6.92 Å². The normalized spacial score (nSPS) is 10.8. The Morgan fingerprint density at radius 2 is 1.76 bits per heavy atom. The monoisotopic (exact) mass is 336 g/mol. The van der Waals surface area contributed by atoms with E-state index in [4.69, 9.17) is 4.74 Å². The molecule has 2 aromatic carbocycles. The van der Waals surface area contributed by atoms with E-state index in [1.165, 1.54) is 5.56 Å². The zero-order valence-corrected chi connectivity index (χ0v) is 14.8. The number of ether oxygens (including phenoxy) is 1. The quantitative estimate of drug-likeness (QED) is 0.686. The van der Waals surface area contributed by atoms with E-state index in [0.717, 1.165) is 42.3 Å². The van der Waals surface area contributed by atoms with Crippen molar-refractivity contribution in [3.63, 3.8) is 0 Å². The molecule has 0 aliphatic rings. The average molecular weight is 336 g/mol. The summed E-state index contributed by atoms with van der Waals surface area (Å²) in [5, 5.41) is 12.4. The first kappa shape index (κ1) is 17.2. The summed E-state index contributed by atoms with van der Waals surface area (Å²) < 4.78 is 5.84. The van der Waals surface area contributed by atoms with Gasteiger partial charge in [0.15, 0.2) is 0 Å². The smallest absolute Gasteiger partial charge is 0.119 e. The predicted octanol–water partition coefficient (Wildman–Crippen LogP) is 3.31. The second kappa shape index (κ2) is 8.44. The molecule has 0 atom stereocenters. The molecule has 0 spiro atoms. The number of nitrogens with one attached hydrogen (secondary N) is 1. The summed E-state index contributed by atoms with van der Waals surface area (Å²) in [5.74, 6) is 0.883. The van der Waals surface area contributed by atoms with Gasteiger partial charge in [0.25, 0.3) is 0 Å². The number of benzene rings is 2. The largest absolute Gasteiger partial charge is 0.493 e. The van der Waals surface area contributed by atoms with Gasteiger partial charge in [-0.2, -0.15) is 15.0 Å². The molecule has 0 amide bonds. The zero-order chi connectivity index (χ0) is 17.5. The van der Waals surface area contributed by atoms with Crippen molar-refractivity contribution in [2.75, 3.05) is 13.2 Å². The summed E-state index contributed by atoms with van der Waals surface area (Å²) in [6.45, 7) is 6.53. The van der Waals surface area contributed by atoms with E-state index in [9.17, 15) is 0 Å². The molecule has 0 fully saturated rings. The van der Waals surface area contributed by atoms with E-state index in [0.29, 0.717) is 6.61 Å². The lowest BCUT2D eigenvalue weighted by Crippen LogP contribution is -2.11. The second-order valence-electron chi connectivity index (χ2n) is 5.88. The average Bonchev–Trinajstić information content (AvgIpc) is 3.03. The Kier molecular flexibility index (Phi) is 5.80. The predicted molar refractivity (Wildman–Crippen MR) is 99.1 cm³/mol. The third-order valence-corrected chi connectivity index (χ3v) is 3.97. The van der Waals surface area contributed by atoms with Gasteiger partial charge in [-0.3, -0.25) is 0 Å². The van der Waals surface area contributed by atoms with Gasteiger partial charge in [-0.15, -0.1) is 0 Å². The maximum Gasteiger partial charge on any atom is 0.119 e. The highest BCUT2D eigenvalue weighted by Crippen LogP contribution is 2.13. The molecular formula is C20H24N4O. The molecule has 5 heteroatoms. The van der Waals surface area contributed by atoms with Crippen molar-refractivity contribution in [2.24, 2.45) is 0 Å². The molecule has 0 aliphatic heterocycles. The molecule has 130 valence electrons. The fourth-order valence-corrected chi connectivity index (χ4v) is 2.55. The molecule has 25 heavy (non-hydrogen) atoms. The van der Waals surface area contributed by atoms with Crippen molar-refractivity contribution in [3.8, 4) is 11.4 Å². The molecule has 1 heterocycles. The van der Waals surface area contributed by atoms with Crippen LogP contribution in [0.1, 0.15) is 23.9 Å². The van der Waals surface area contributed by atoms with Crippen molar-refractivity contribution in [1.29, 1.82) is 0 Å². The first-order chi connectivity index (χ1) is 12.3. The summed E-state index contributed by atoms with van der Waals surface area (Å²) >= 11 is 0. The van der Waals surface area contributed by atoms with Crippen LogP contribution < -0.4 is 10.1 Å². The number of aryl methyl sites for hydroxylation is 1. The van der Waals surface area contributed by atoms with E-state index >= 15 is 0 Å². The Bertz CT molecular complexity index is 781. The third-order valence-electron chi connectivity index (χ3n) is 3.97. The Morgan fingerprint density at radius 3 is 2.48 bits per heavy atom. The van der Waals surface area contributed by atoms with E-state index in [1.54, 1.807) is 4.80 Å². The summed E-state index contributed by atoms with van der Waals surface area (Å²) in [4.78, 5) is 1.68. The second-order valence-corrected chi connectivity index (χ2v) is 5.88. The Balaban J connectivity index is 1.54. The standard InChI is InChI=1S/C20H24N4O/c1-3-21-15-17-9-11-19(12-10-17)25-14-13-20-16(2)22-24(23-20)18-7-5-4-6-8-18/h4-12,21H,3,13-15H2,1-2H3. The molecule has 0 unspecified atom stereocenters. The first-order valence-electron chi connectivity index (χ1n) is 8.67. The lowest BCUT2D eigenvalue weighted by atomic mass is 10.2. The molecule has 1 N–H and O–H groups in total. The highest BCUT2D eigenvalue weighted by Gasteiger charge is 2.08. The van der Waals surface area contributed by atoms with Crippen molar-refractivity contribution in [3.05, 3.63) is 71.5 Å². The van der Waals surface area contributed by atoms with Crippen LogP contribution in [0.4, 0.5) is 0 Å². The highest BCUT2D eigenvalue weighted by atomic mass is 16.5. The third kappa shape index (κ3) is 4.67. The molecular weight excluding hydrogens is 312 g/mol. The van der Waals surface area contributed by atoms with Crippen LogP contribution in [-0.2, 0) is 13.0 Å². The van der Waals surface area contributed by atoms with Crippen molar-refractivity contribution in [1.82, 2.24) is 20.3 Å². The fraction of sp³-hybridized carbons (Fsp3) is 0.300. The van der Waals surface area contributed by atoms with Gasteiger partial charge in [-0.1, -0.05) is 37.3 Å². The van der Waals surface area contributed by atoms with Gasteiger partial charge in [0.05, 0.1) is 23.7 Å². The maximum atomic E-state index is 5.84. The first-order valence-corrected chi connectivity index (χ1v) is 8.67. The van der Waals surface area contributed by atoms with Crippen LogP contribution in [0.3, 0.4) is 0 Å². The minimum atomic E-state index is 0.584. The summed E-state index contributed by atoms with van der Waals surface area (Å²) in [6, 6.07) is 18.2. The van der Waals surface area contributed by atoms with E-state index < -0.39 is 0 Å². The van der Waals surface area contributed by atoms with Gasteiger partial charge in [0.2, 0.25) is 0 Å². The van der Waals surface area contributed by atoms with E-state index in [-0.39, 0.29) is 0 Å². The zero-order valence-electron chi connectivity index (χ0n) is 14.8. The van der Waals surface area contributed by atoms with Crippen LogP contribution in [0.15, 0.2) is 54.6 Å². The Morgan fingerprint density at radius 1 is 1.00 bits per heavy atom. The van der Waals surface area contributed by atoms with Crippen LogP contribution in [0.25, 0.3) is 5.69 Å². The SMILES string of the molecule is CCNCc1ccc(OCCc2nn(-c3ccccc3)nc2C)cc1. The minimum absolute atomic E-state index is 0.584. The van der Waals surface area contributed by atoms with E-state index in [2.05, 4.69) is 34.6 Å². The highest BCUT2D eigenvalue weighted by molar-refractivity contribution is 5.29. The Labute approximate surface area is 148 Å².